The highest BCUT2D eigenvalue weighted by molar-refractivity contribution is 6.29. The second-order valence-corrected chi connectivity index (χ2v) is 4.54. The van der Waals surface area contributed by atoms with Gasteiger partial charge >= 0.3 is 5.97 Å². The van der Waals surface area contributed by atoms with Crippen LogP contribution in [-0.4, -0.2) is 35.8 Å². The Bertz CT molecular complexity index is 538. The average Bonchev–Trinajstić information content (AvgIpc) is 2.79. The Morgan fingerprint density at radius 2 is 1.75 bits per heavy atom. The topological polar surface area (TPSA) is 63.7 Å². The number of ether oxygens (including phenoxy) is 1. The lowest BCUT2D eigenvalue weighted by atomic mass is 10.1. The second kappa shape index (κ2) is 6.34. The van der Waals surface area contributed by atoms with Crippen LogP contribution in [0.4, 0.5) is 0 Å². The third-order valence-electron chi connectivity index (χ3n) is 2.76. The number of imide groups is 1. The van der Waals surface area contributed by atoms with Crippen molar-refractivity contribution in [3.63, 3.8) is 0 Å². The molecular weight excluding hydrogens is 282 g/mol. The van der Waals surface area contributed by atoms with Crippen LogP contribution in [0.25, 0.3) is 0 Å². The van der Waals surface area contributed by atoms with Crippen molar-refractivity contribution in [1.29, 1.82) is 0 Å². The Morgan fingerprint density at radius 1 is 1.15 bits per heavy atom. The molecule has 1 aromatic rings. The van der Waals surface area contributed by atoms with Crippen molar-refractivity contribution in [3.8, 4) is 0 Å². The highest BCUT2D eigenvalue weighted by Crippen LogP contribution is 2.21. The molecule has 2 rings (SSSR count). The Balaban J connectivity index is 1.81. The van der Waals surface area contributed by atoms with Gasteiger partial charge < -0.3 is 4.74 Å². The number of carbonyl (C=O) groups is 3. The van der Waals surface area contributed by atoms with Crippen LogP contribution in [0.1, 0.15) is 10.9 Å². The third-order valence-corrected chi connectivity index (χ3v) is 3.19. The van der Waals surface area contributed by atoms with Crippen LogP contribution in [0.2, 0.25) is 0 Å². The molecule has 20 heavy (non-hydrogen) atoms. The minimum Gasteiger partial charge on any atom is -0.462 e. The number of nitrogens with zero attached hydrogens (tertiary/aromatic N) is 1. The fourth-order valence-corrected chi connectivity index (χ4v) is 1.93. The molecule has 1 atom stereocenters. The molecule has 0 aliphatic carbocycles. The van der Waals surface area contributed by atoms with E-state index < -0.39 is 23.2 Å². The standard InChI is InChI=1S/C14H12ClNO4/c15-13(10-4-2-1-3-5-10)14(19)20-9-8-16-11(17)6-7-12(16)18/h1-7,13H,8-9H2. The minimum atomic E-state index is -0.903. The van der Waals surface area contributed by atoms with Gasteiger partial charge in [0.25, 0.3) is 11.8 Å². The van der Waals surface area contributed by atoms with E-state index in [1.807, 2.05) is 6.07 Å². The SMILES string of the molecule is O=C(OCCN1C(=O)C=CC1=O)C(Cl)c1ccccc1. The van der Waals surface area contributed by atoms with Crippen LogP contribution in [0.5, 0.6) is 0 Å². The molecule has 1 heterocycles. The summed E-state index contributed by atoms with van der Waals surface area (Å²) in [6.45, 7) is -0.0527. The molecule has 6 heteroatoms. The largest absolute Gasteiger partial charge is 0.462 e. The van der Waals surface area contributed by atoms with Gasteiger partial charge in [0.05, 0.1) is 6.54 Å². The fraction of sp³-hybridized carbons (Fsp3) is 0.214. The number of benzene rings is 1. The van der Waals surface area contributed by atoms with E-state index in [4.69, 9.17) is 16.3 Å². The van der Waals surface area contributed by atoms with Gasteiger partial charge in [-0.05, 0) is 5.56 Å². The third kappa shape index (κ3) is 3.24. The summed E-state index contributed by atoms with van der Waals surface area (Å²) in [5.41, 5.74) is 0.633. The number of hydrogen-bond acceptors (Lipinski definition) is 4. The number of amides is 2. The Hall–Kier alpha value is -2.14. The summed E-state index contributed by atoms with van der Waals surface area (Å²) in [5.74, 6) is -1.42. The summed E-state index contributed by atoms with van der Waals surface area (Å²) >= 11 is 5.98. The van der Waals surface area contributed by atoms with E-state index in [2.05, 4.69) is 0 Å². The molecule has 1 aromatic carbocycles. The molecule has 5 nitrogen and oxygen atoms in total. The van der Waals surface area contributed by atoms with Crippen molar-refractivity contribution in [3.05, 3.63) is 48.0 Å². The zero-order valence-electron chi connectivity index (χ0n) is 10.5. The number of carbonyl (C=O) groups excluding carboxylic acids is 3. The van der Waals surface area contributed by atoms with E-state index >= 15 is 0 Å². The quantitative estimate of drug-likeness (QED) is 0.468. The molecule has 0 bridgehead atoms. The average molecular weight is 294 g/mol. The molecule has 2 amide bonds. The predicted octanol–water partition coefficient (Wildman–Crippen LogP) is 1.43. The van der Waals surface area contributed by atoms with Crippen LogP contribution in [0.15, 0.2) is 42.5 Å². The number of rotatable bonds is 5. The summed E-state index contributed by atoms with van der Waals surface area (Å²) in [7, 11) is 0. The lowest BCUT2D eigenvalue weighted by Crippen LogP contribution is -2.33. The van der Waals surface area contributed by atoms with Gasteiger partial charge in [-0.1, -0.05) is 30.3 Å². The Morgan fingerprint density at radius 3 is 2.35 bits per heavy atom. The van der Waals surface area contributed by atoms with Gasteiger partial charge in [0.15, 0.2) is 5.38 Å². The van der Waals surface area contributed by atoms with Crippen molar-refractivity contribution < 1.29 is 19.1 Å². The monoisotopic (exact) mass is 293 g/mol. The highest BCUT2D eigenvalue weighted by Gasteiger charge is 2.24. The van der Waals surface area contributed by atoms with Crippen LogP contribution >= 0.6 is 11.6 Å². The maximum absolute atomic E-state index is 11.7. The predicted molar refractivity (Wildman–Crippen MR) is 71.9 cm³/mol. The van der Waals surface area contributed by atoms with E-state index in [-0.39, 0.29) is 13.2 Å². The summed E-state index contributed by atoms with van der Waals surface area (Å²) in [4.78, 5) is 35.3. The number of hydrogen-bond donors (Lipinski definition) is 0. The zero-order valence-corrected chi connectivity index (χ0v) is 11.2. The van der Waals surface area contributed by atoms with E-state index in [0.717, 1.165) is 4.90 Å². The van der Waals surface area contributed by atoms with Gasteiger partial charge in [0.2, 0.25) is 0 Å². The van der Waals surface area contributed by atoms with Crippen LogP contribution in [0, 0.1) is 0 Å². The first-order valence-electron chi connectivity index (χ1n) is 5.99. The van der Waals surface area contributed by atoms with Crippen LogP contribution in [-0.2, 0) is 19.1 Å². The second-order valence-electron chi connectivity index (χ2n) is 4.10. The van der Waals surface area contributed by atoms with Crippen molar-refractivity contribution in [2.24, 2.45) is 0 Å². The highest BCUT2D eigenvalue weighted by atomic mass is 35.5. The fourth-order valence-electron chi connectivity index (χ4n) is 1.72. The Kier molecular flexibility index (Phi) is 4.53. The van der Waals surface area contributed by atoms with E-state index in [0.29, 0.717) is 5.56 Å². The van der Waals surface area contributed by atoms with Gasteiger partial charge in [0, 0.05) is 12.2 Å². The number of esters is 1. The van der Waals surface area contributed by atoms with Gasteiger partial charge in [-0.2, -0.15) is 0 Å². The number of halogens is 1. The molecule has 1 aliphatic rings. The molecule has 1 unspecified atom stereocenters. The molecule has 0 fully saturated rings. The first kappa shape index (κ1) is 14.3. The molecule has 0 aromatic heterocycles. The van der Waals surface area contributed by atoms with Crippen molar-refractivity contribution in [1.82, 2.24) is 4.90 Å². The van der Waals surface area contributed by atoms with Gasteiger partial charge in [-0.25, -0.2) is 0 Å². The van der Waals surface area contributed by atoms with Gasteiger partial charge in [-0.3, -0.25) is 19.3 Å². The van der Waals surface area contributed by atoms with Crippen molar-refractivity contribution >= 4 is 29.4 Å². The minimum absolute atomic E-state index is 0.0226. The molecule has 0 saturated carbocycles. The Labute approximate surface area is 120 Å². The van der Waals surface area contributed by atoms with Gasteiger partial charge in [-0.15, -0.1) is 11.6 Å². The van der Waals surface area contributed by atoms with E-state index in [1.54, 1.807) is 24.3 Å². The van der Waals surface area contributed by atoms with E-state index in [9.17, 15) is 14.4 Å². The molecular formula is C14H12ClNO4. The molecule has 104 valence electrons. The molecule has 1 aliphatic heterocycles. The molecule has 0 radical (unpaired) electrons. The van der Waals surface area contributed by atoms with E-state index in [1.165, 1.54) is 12.2 Å². The first-order valence-corrected chi connectivity index (χ1v) is 6.42. The first-order chi connectivity index (χ1) is 9.59. The van der Waals surface area contributed by atoms with Gasteiger partial charge in [0.1, 0.15) is 6.61 Å². The molecule has 0 saturated heterocycles. The summed E-state index contributed by atoms with van der Waals surface area (Å²) < 4.78 is 4.97. The summed E-state index contributed by atoms with van der Waals surface area (Å²) in [5, 5.41) is -0.903. The molecule has 0 N–H and O–H groups in total. The van der Waals surface area contributed by atoms with Crippen molar-refractivity contribution in [2.75, 3.05) is 13.2 Å². The van der Waals surface area contributed by atoms with Crippen molar-refractivity contribution in [2.45, 2.75) is 5.38 Å². The normalized spacial score (nSPS) is 15.6. The van der Waals surface area contributed by atoms with Crippen LogP contribution in [0.3, 0.4) is 0 Å². The van der Waals surface area contributed by atoms with Crippen LogP contribution < -0.4 is 0 Å². The maximum atomic E-state index is 11.7. The summed E-state index contributed by atoms with van der Waals surface area (Å²) in [6, 6.07) is 8.79. The smallest absolute Gasteiger partial charge is 0.328 e. The number of alkyl halides is 1. The zero-order chi connectivity index (χ0) is 14.5. The molecule has 0 spiro atoms. The lowest BCUT2D eigenvalue weighted by molar-refractivity contribution is -0.147. The summed E-state index contributed by atoms with van der Waals surface area (Å²) in [6.07, 6.45) is 2.36. The lowest BCUT2D eigenvalue weighted by Gasteiger charge is -2.15. The maximum Gasteiger partial charge on any atom is 0.328 e.